The van der Waals surface area contributed by atoms with Gasteiger partial charge in [-0.25, -0.2) is 0 Å². The fraction of sp³-hybridized carbons (Fsp3) is 0.444. The molecule has 1 heterocycles. The lowest BCUT2D eigenvalue weighted by atomic mass is 10.1. The highest BCUT2D eigenvalue weighted by Crippen LogP contribution is 2.24. The minimum absolute atomic E-state index is 0.0211. The molecule has 0 aliphatic carbocycles. The van der Waals surface area contributed by atoms with Crippen LogP contribution in [0.2, 0.25) is 0 Å². The molecule has 0 unspecified atom stereocenters. The van der Waals surface area contributed by atoms with Crippen molar-refractivity contribution in [3.8, 4) is 0 Å². The van der Waals surface area contributed by atoms with E-state index in [-0.39, 0.29) is 23.9 Å². The summed E-state index contributed by atoms with van der Waals surface area (Å²) in [5.41, 5.74) is 7.28. The number of rotatable bonds is 6. The maximum Gasteiger partial charge on any atom is 0.256 e. The molecule has 6 heteroatoms. The first-order valence-corrected chi connectivity index (χ1v) is 8.24. The normalized spacial score (nSPS) is 20.1. The third-order valence-corrected chi connectivity index (χ3v) is 3.92. The highest BCUT2D eigenvalue weighted by atomic mass is 16.2. The summed E-state index contributed by atoms with van der Waals surface area (Å²) in [7, 11) is 0. The van der Waals surface area contributed by atoms with Gasteiger partial charge in [0.05, 0.1) is 5.56 Å². The quantitative estimate of drug-likeness (QED) is 0.687. The van der Waals surface area contributed by atoms with Gasteiger partial charge < -0.3 is 21.3 Å². The van der Waals surface area contributed by atoms with E-state index in [4.69, 9.17) is 5.73 Å². The number of carbonyl (C=O) groups excluding carboxylic acids is 2. The first kappa shape index (κ1) is 18.0. The molecule has 6 nitrogen and oxygen atoms in total. The van der Waals surface area contributed by atoms with Crippen molar-refractivity contribution in [3.63, 3.8) is 0 Å². The number of hydrogen-bond acceptors (Lipinski definition) is 4. The van der Waals surface area contributed by atoms with Crippen LogP contribution in [-0.4, -0.2) is 47.9 Å². The van der Waals surface area contributed by atoms with Gasteiger partial charge in [-0.05, 0) is 32.4 Å². The first-order chi connectivity index (χ1) is 11.4. The van der Waals surface area contributed by atoms with Gasteiger partial charge in [-0.15, -0.1) is 6.58 Å². The van der Waals surface area contributed by atoms with Crippen LogP contribution in [0, 0.1) is 0 Å². The Balaban J connectivity index is 2.24. The summed E-state index contributed by atoms with van der Waals surface area (Å²) in [4.78, 5) is 27.0. The highest BCUT2D eigenvalue weighted by Gasteiger charge is 2.39. The second kappa shape index (κ2) is 7.97. The van der Waals surface area contributed by atoms with Gasteiger partial charge in [0.25, 0.3) is 5.91 Å². The van der Waals surface area contributed by atoms with Crippen molar-refractivity contribution in [3.05, 3.63) is 42.5 Å². The fourth-order valence-electron chi connectivity index (χ4n) is 2.88. The summed E-state index contributed by atoms with van der Waals surface area (Å²) < 4.78 is 0. The van der Waals surface area contributed by atoms with E-state index in [9.17, 15) is 9.59 Å². The van der Waals surface area contributed by atoms with Crippen LogP contribution in [-0.2, 0) is 4.79 Å². The topological polar surface area (TPSA) is 87.5 Å². The number of amides is 2. The predicted molar refractivity (Wildman–Crippen MR) is 95.8 cm³/mol. The van der Waals surface area contributed by atoms with E-state index in [0.717, 1.165) is 5.69 Å². The molecule has 1 fully saturated rings. The van der Waals surface area contributed by atoms with Crippen molar-refractivity contribution in [1.82, 2.24) is 10.2 Å². The van der Waals surface area contributed by atoms with Crippen LogP contribution >= 0.6 is 0 Å². The Bertz CT molecular complexity index is 615. The van der Waals surface area contributed by atoms with Crippen molar-refractivity contribution in [2.45, 2.75) is 38.4 Å². The molecule has 1 aliphatic heterocycles. The van der Waals surface area contributed by atoms with Crippen molar-refractivity contribution in [1.29, 1.82) is 0 Å². The molecule has 2 rings (SSSR count). The number of hydrogen-bond donors (Lipinski definition) is 3. The Morgan fingerprint density at radius 3 is 2.79 bits per heavy atom. The third kappa shape index (κ3) is 4.14. The van der Waals surface area contributed by atoms with Crippen LogP contribution in [0.4, 0.5) is 5.69 Å². The zero-order valence-corrected chi connectivity index (χ0v) is 14.3. The standard InChI is InChI=1S/C18H26N4O2/c1-4-9-20-15-8-6-5-7-14(15)18(24)22-11-13(19)10-16(22)17(23)21-12(2)3/h4-8,12-13,16,20H,1,9-11,19H2,2-3H3,(H,21,23)/t13-,16-/m0/s1. The van der Waals surface area contributed by atoms with Crippen molar-refractivity contribution >= 4 is 17.5 Å². The van der Waals surface area contributed by atoms with Gasteiger partial charge in [0.1, 0.15) is 6.04 Å². The van der Waals surface area contributed by atoms with E-state index in [1.807, 2.05) is 32.0 Å². The molecule has 0 spiro atoms. The Morgan fingerprint density at radius 2 is 2.12 bits per heavy atom. The summed E-state index contributed by atoms with van der Waals surface area (Å²) in [6, 6.07) is 6.58. The van der Waals surface area contributed by atoms with E-state index < -0.39 is 6.04 Å². The molecule has 0 aromatic heterocycles. The molecule has 4 N–H and O–H groups in total. The Kier molecular flexibility index (Phi) is 5.98. The Labute approximate surface area is 143 Å². The van der Waals surface area contributed by atoms with Crippen LogP contribution in [0.3, 0.4) is 0 Å². The van der Waals surface area contributed by atoms with Gasteiger partial charge in [-0.3, -0.25) is 9.59 Å². The second-order valence-corrected chi connectivity index (χ2v) is 6.35. The minimum atomic E-state index is -0.526. The maximum absolute atomic E-state index is 13.0. The molecule has 130 valence electrons. The number of nitrogens with one attached hydrogen (secondary N) is 2. The smallest absolute Gasteiger partial charge is 0.256 e. The van der Waals surface area contributed by atoms with E-state index in [1.165, 1.54) is 0 Å². The molecule has 2 amide bonds. The zero-order chi connectivity index (χ0) is 17.7. The number of likely N-dealkylation sites (tertiary alicyclic amines) is 1. The number of benzene rings is 1. The summed E-state index contributed by atoms with van der Waals surface area (Å²) >= 11 is 0. The van der Waals surface area contributed by atoms with Gasteiger partial charge in [0.15, 0.2) is 0 Å². The van der Waals surface area contributed by atoms with Crippen LogP contribution < -0.4 is 16.4 Å². The van der Waals surface area contributed by atoms with Gasteiger partial charge in [0, 0.05) is 30.9 Å². The van der Waals surface area contributed by atoms with E-state index >= 15 is 0 Å². The van der Waals surface area contributed by atoms with Crippen molar-refractivity contribution in [2.75, 3.05) is 18.4 Å². The molecule has 0 saturated carbocycles. The lowest BCUT2D eigenvalue weighted by Gasteiger charge is -2.25. The van der Waals surface area contributed by atoms with Gasteiger partial charge in [-0.1, -0.05) is 18.2 Å². The summed E-state index contributed by atoms with van der Waals surface area (Å²) in [5, 5.41) is 6.03. The molecule has 1 aliphatic rings. The molecular formula is C18H26N4O2. The maximum atomic E-state index is 13.0. The van der Waals surface area contributed by atoms with Gasteiger partial charge in [0.2, 0.25) is 5.91 Å². The van der Waals surface area contributed by atoms with Crippen LogP contribution in [0.25, 0.3) is 0 Å². The Morgan fingerprint density at radius 1 is 1.42 bits per heavy atom. The number of anilines is 1. The molecule has 1 aromatic rings. The van der Waals surface area contributed by atoms with Gasteiger partial charge in [-0.2, -0.15) is 0 Å². The molecule has 0 bridgehead atoms. The second-order valence-electron chi connectivity index (χ2n) is 6.35. The highest BCUT2D eigenvalue weighted by molar-refractivity contribution is 6.02. The lowest BCUT2D eigenvalue weighted by Crippen LogP contribution is -2.47. The SMILES string of the molecule is C=CCNc1ccccc1C(=O)N1C[C@@H](N)C[C@H]1C(=O)NC(C)C. The zero-order valence-electron chi connectivity index (χ0n) is 14.3. The fourth-order valence-corrected chi connectivity index (χ4v) is 2.88. The predicted octanol–water partition coefficient (Wildman–Crippen LogP) is 1.35. The summed E-state index contributed by atoms with van der Waals surface area (Å²) in [6.07, 6.45) is 2.21. The number of nitrogens with two attached hydrogens (primary N) is 1. The number of para-hydroxylation sites is 1. The van der Waals surface area contributed by atoms with Gasteiger partial charge >= 0.3 is 0 Å². The van der Waals surface area contributed by atoms with Crippen molar-refractivity contribution < 1.29 is 9.59 Å². The summed E-state index contributed by atoms with van der Waals surface area (Å²) in [6.45, 7) is 8.40. The largest absolute Gasteiger partial charge is 0.381 e. The van der Waals surface area contributed by atoms with Crippen LogP contribution in [0.5, 0.6) is 0 Å². The number of carbonyl (C=O) groups is 2. The lowest BCUT2D eigenvalue weighted by molar-refractivity contribution is -0.125. The molecular weight excluding hydrogens is 304 g/mol. The molecule has 24 heavy (non-hydrogen) atoms. The molecule has 1 saturated heterocycles. The molecule has 1 aromatic carbocycles. The third-order valence-electron chi connectivity index (χ3n) is 3.92. The van der Waals surface area contributed by atoms with E-state index in [1.54, 1.807) is 17.0 Å². The van der Waals surface area contributed by atoms with E-state index in [2.05, 4.69) is 17.2 Å². The minimum Gasteiger partial charge on any atom is -0.381 e. The van der Waals surface area contributed by atoms with Crippen molar-refractivity contribution in [2.24, 2.45) is 5.73 Å². The van der Waals surface area contributed by atoms with E-state index in [0.29, 0.717) is 25.1 Å². The monoisotopic (exact) mass is 330 g/mol. The average molecular weight is 330 g/mol. The average Bonchev–Trinajstić information content (AvgIpc) is 2.94. The summed E-state index contributed by atoms with van der Waals surface area (Å²) in [5.74, 6) is -0.332. The molecule has 2 atom stereocenters. The number of nitrogens with zero attached hydrogens (tertiary/aromatic N) is 1. The molecule has 0 radical (unpaired) electrons. The van der Waals surface area contributed by atoms with Crippen LogP contribution in [0.1, 0.15) is 30.6 Å². The first-order valence-electron chi connectivity index (χ1n) is 8.24. The van der Waals surface area contributed by atoms with Crippen LogP contribution in [0.15, 0.2) is 36.9 Å². The Hall–Kier alpha value is -2.34.